The van der Waals surface area contributed by atoms with Gasteiger partial charge in [0.05, 0.1) is 16.9 Å². The minimum absolute atomic E-state index is 0.148. The summed E-state index contributed by atoms with van der Waals surface area (Å²) < 4.78 is 4.92. The van der Waals surface area contributed by atoms with E-state index < -0.39 is 12.0 Å². The van der Waals surface area contributed by atoms with Gasteiger partial charge in [0.2, 0.25) is 5.91 Å². The largest absolute Gasteiger partial charge is 0.478 e. The third-order valence-electron chi connectivity index (χ3n) is 2.80. The van der Waals surface area contributed by atoms with Crippen LogP contribution in [0, 0.1) is 0 Å². The molecule has 1 heterocycles. The minimum Gasteiger partial charge on any atom is -0.478 e. The van der Waals surface area contributed by atoms with Gasteiger partial charge in [-0.1, -0.05) is 6.07 Å². The van der Waals surface area contributed by atoms with Gasteiger partial charge in [0, 0.05) is 13.7 Å². The third-order valence-corrected chi connectivity index (χ3v) is 2.80. The fraction of sp³-hybridized carbons (Fsp3) is 0.333. The summed E-state index contributed by atoms with van der Waals surface area (Å²) in [6.45, 7) is 0.426. The normalized spacial score (nSPS) is 17.6. The molecule has 1 atom stereocenters. The van der Waals surface area contributed by atoms with Crippen LogP contribution in [0.5, 0.6) is 0 Å². The predicted molar refractivity (Wildman–Crippen MR) is 65.9 cm³/mol. The van der Waals surface area contributed by atoms with Gasteiger partial charge in [0.1, 0.15) is 6.04 Å². The SMILES string of the molecule is COCCC1Nc2c(cccc2C(=O)O)NC1=O. The van der Waals surface area contributed by atoms with Crippen molar-refractivity contribution >= 4 is 23.3 Å². The van der Waals surface area contributed by atoms with Crippen LogP contribution in [0.15, 0.2) is 18.2 Å². The molecule has 0 saturated carbocycles. The number of methoxy groups -OCH3 is 1. The Bertz CT molecular complexity index is 487. The van der Waals surface area contributed by atoms with E-state index in [0.29, 0.717) is 24.4 Å². The first kappa shape index (κ1) is 12.4. The number of aromatic carboxylic acids is 1. The van der Waals surface area contributed by atoms with Crippen molar-refractivity contribution in [3.63, 3.8) is 0 Å². The molecule has 0 spiro atoms. The molecule has 0 bridgehead atoms. The van der Waals surface area contributed by atoms with Gasteiger partial charge in [0.15, 0.2) is 0 Å². The van der Waals surface area contributed by atoms with E-state index in [2.05, 4.69) is 10.6 Å². The van der Waals surface area contributed by atoms with Crippen LogP contribution in [0.1, 0.15) is 16.8 Å². The number of anilines is 2. The van der Waals surface area contributed by atoms with Crippen molar-refractivity contribution in [2.24, 2.45) is 0 Å². The smallest absolute Gasteiger partial charge is 0.337 e. The quantitative estimate of drug-likeness (QED) is 0.746. The number of benzene rings is 1. The number of carboxylic acids is 1. The number of ether oxygens (including phenoxy) is 1. The summed E-state index contributed by atoms with van der Waals surface area (Å²) in [5.74, 6) is -1.21. The number of hydrogen-bond donors (Lipinski definition) is 3. The van der Waals surface area contributed by atoms with E-state index in [0.717, 1.165) is 0 Å². The van der Waals surface area contributed by atoms with Crippen molar-refractivity contribution in [2.75, 3.05) is 24.4 Å². The van der Waals surface area contributed by atoms with Gasteiger partial charge in [-0.2, -0.15) is 0 Å². The highest BCUT2D eigenvalue weighted by molar-refractivity contribution is 6.08. The zero-order chi connectivity index (χ0) is 13.1. The van der Waals surface area contributed by atoms with Crippen LogP contribution in [0.3, 0.4) is 0 Å². The van der Waals surface area contributed by atoms with E-state index in [-0.39, 0.29) is 11.5 Å². The molecule has 1 aromatic carbocycles. The molecule has 0 aromatic heterocycles. The molecule has 0 fully saturated rings. The molecule has 1 aromatic rings. The second kappa shape index (κ2) is 5.05. The number of para-hydroxylation sites is 1. The first-order chi connectivity index (χ1) is 8.63. The number of hydrogen-bond acceptors (Lipinski definition) is 4. The van der Waals surface area contributed by atoms with Crippen LogP contribution in [0.25, 0.3) is 0 Å². The molecule has 1 aliphatic rings. The van der Waals surface area contributed by atoms with Gasteiger partial charge in [-0.15, -0.1) is 0 Å². The van der Waals surface area contributed by atoms with Crippen molar-refractivity contribution in [2.45, 2.75) is 12.5 Å². The van der Waals surface area contributed by atoms with Crippen LogP contribution >= 0.6 is 0 Å². The maximum Gasteiger partial charge on any atom is 0.337 e. The van der Waals surface area contributed by atoms with Gasteiger partial charge >= 0.3 is 5.97 Å². The summed E-state index contributed by atoms with van der Waals surface area (Å²) in [4.78, 5) is 22.9. The van der Waals surface area contributed by atoms with E-state index in [1.54, 1.807) is 19.2 Å². The highest BCUT2D eigenvalue weighted by Crippen LogP contribution is 2.31. The average Bonchev–Trinajstić information content (AvgIpc) is 2.35. The van der Waals surface area contributed by atoms with Crippen LogP contribution in [-0.4, -0.2) is 36.7 Å². The molecular weight excluding hydrogens is 236 g/mol. The first-order valence-electron chi connectivity index (χ1n) is 5.56. The summed E-state index contributed by atoms with van der Waals surface area (Å²) in [7, 11) is 1.55. The Kier molecular flexibility index (Phi) is 3.47. The lowest BCUT2D eigenvalue weighted by molar-refractivity contribution is -0.117. The van der Waals surface area contributed by atoms with Crippen LogP contribution in [0.2, 0.25) is 0 Å². The summed E-state index contributed by atoms with van der Waals surface area (Å²) in [6, 6.07) is 4.29. The summed E-state index contributed by atoms with van der Waals surface area (Å²) >= 11 is 0. The molecule has 0 radical (unpaired) electrons. The van der Waals surface area contributed by atoms with Crippen molar-refractivity contribution in [3.05, 3.63) is 23.8 Å². The van der Waals surface area contributed by atoms with Gasteiger partial charge in [-0.05, 0) is 18.6 Å². The molecular formula is C12H14N2O4. The Morgan fingerprint density at radius 3 is 2.94 bits per heavy atom. The van der Waals surface area contributed by atoms with Crippen molar-refractivity contribution < 1.29 is 19.4 Å². The Balaban J connectivity index is 2.29. The average molecular weight is 250 g/mol. The maximum absolute atomic E-state index is 11.8. The Labute approximate surface area is 104 Å². The zero-order valence-electron chi connectivity index (χ0n) is 9.90. The number of nitrogens with one attached hydrogen (secondary N) is 2. The monoisotopic (exact) mass is 250 g/mol. The summed E-state index contributed by atoms with van der Waals surface area (Å²) in [5, 5.41) is 14.7. The van der Waals surface area contributed by atoms with E-state index in [1.165, 1.54) is 6.07 Å². The van der Waals surface area contributed by atoms with E-state index in [4.69, 9.17) is 9.84 Å². The lowest BCUT2D eigenvalue weighted by atomic mass is 10.0. The summed E-state index contributed by atoms with van der Waals surface area (Å²) in [6.07, 6.45) is 0.482. The molecule has 1 aliphatic heterocycles. The van der Waals surface area contributed by atoms with Crippen LogP contribution in [0.4, 0.5) is 11.4 Å². The Morgan fingerprint density at radius 1 is 1.50 bits per heavy atom. The van der Waals surface area contributed by atoms with Crippen molar-refractivity contribution in [3.8, 4) is 0 Å². The molecule has 1 amide bonds. The zero-order valence-corrected chi connectivity index (χ0v) is 9.90. The highest BCUT2D eigenvalue weighted by Gasteiger charge is 2.27. The number of carbonyl (C=O) groups excluding carboxylic acids is 1. The standard InChI is InChI=1S/C12H14N2O4/c1-18-6-5-9-11(15)14-8-4-2-3-7(12(16)17)10(8)13-9/h2-4,9,13H,5-6H2,1H3,(H,14,15)(H,16,17). The molecule has 0 saturated heterocycles. The molecule has 96 valence electrons. The molecule has 2 rings (SSSR count). The van der Waals surface area contributed by atoms with Crippen LogP contribution < -0.4 is 10.6 Å². The molecule has 6 heteroatoms. The second-order valence-corrected chi connectivity index (χ2v) is 4.00. The Morgan fingerprint density at radius 2 is 2.28 bits per heavy atom. The molecule has 3 N–H and O–H groups in total. The molecule has 18 heavy (non-hydrogen) atoms. The van der Waals surface area contributed by atoms with Crippen molar-refractivity contribution in [1.29, 1.82) is 0 Å². The second-order valence-electron chi connectivity index (χ2n) is 4.00. The fourth-order valence-electron chi connectivity index (χ4n) is 1.89. The van der Waals surface area contributed by atoms with E-state index in [1.807, 2.05) is 0 Å². The lowest BCUT2D eigenvalue weighted by Gasteiger charge is -2.27. The molecule has 0 aliphatic carbocycles. The van der Waals surface area contributed by atoms with Gasteiger partial charge in [-0.25, -0.2) is 4.79 Å². The minimum atomic E-state index is -1.03. The van der Waals surface area contributed by atoms with Gasteiger partial charge in [0.25, 0.3) is 0 Å². The Hall–Kier alpha value is -2.08. The predicted octanol–water partition coefficient (Wildman–Crippen LogP) is 1.15. The summed E-state index contributed by atoms with van der Waals surface area (Å²) in [5.41, 5.74) is 1.09. The van der Waals surface area contributed by atoms with Gasteiger partial charge in [-0.3, -0.25) is 4.79 Å². The van der Waals surface area contributed by atoms with Crippen LogP contribution in [-0.2, 0) is 9.53 Å². The maximum atomic E-state index is 11.8. The number of carbonyl (C=O) groups is 2. The van der Waals surface area contributed by atoms with Crippen molar-refractivity contribution in [1.82, 2.24) is 0 Å². The number of carboxylic acid groups (broad SMARTS) is 1. The van der Waals surface area contributed by atoms with E-state index in [9.17, 15) is 9.59 Å². The first-order valence-corrected chi connectivity index (χ1v) is 5.56. The van der Waals surface area contributed by atoms with Gasteiger partial charge < -0.3 is 20.5 Å². The third kappa shape index (κ3) is 2.28. The number of rotatable bonds is 4. The molecule has 1 unspecified atom stereocenters. The lowest BCUT2D eigenvalue weighted by Crippen LogP contribution is -2.40. The molecule has 6 nitrogen and oxygen atoms in total. The van der Waals surface area contributed by atoms with E-state index >= 15 is 0 Å². The number of fused-ring (bicyclic) bond motifs is 1. The fourth-order valence-corrected chi connectivity index (χ4v) is 1.89. The highest BCUT2D eigenvalue weighted by atomic mass is 16.5. The topological polar surface area (TPSA) is 87.7 Å². The number of amides is 1.